The van der Waals surface area contributed by atoms with Gasteiger partial charge in [-0.25, -0.2) is 0 Å². The van der Waals surface area contributed by atoms with E-state index in [0.717, 1.165) is 0 Å². The molecule has 0 spiro atoms. The minimum Gasteiger partial charge on any atom is -0.481 e. The summed E-state index contributed by atoms with van der Waals surface area (Å²) in [7, 11) is -1.90. The van der Waals surface area contributed by atoms with Gasteiger partial charge in [-0.15, -0.1) is 0 Å². The molecule has 0 amide bonds. The molecular formula is C10H23NO3Si. The Hall–Kier alpha value is -0.393. The number of carbonyl (C=O) groups is 1. The van der Waals surface area contributed by atoms with Crippen LogP contribution in [0.1, 0.15) is 27.2 Å². The topological polar surface area (TPSA) is 72.5 Å². The number of aliphatic carboxylic acids is 1. The van der Waals surface area contributed by atoms with Gasteiger partial charge in [0.1, 0.15) is 0 Å². The number of hydrogen-bond donors (Lipinski definition) is 2. The van der Waals surface area contributed by atoms with E-state index in [2.05, 4.69) is 33.9 Å². The molecule has 0 radical (unpaired) electrons. The lowest BCUT2D eigenvalue weighted by Crippen LogP contribution is -2.46. The van der Waals surface area contributed by atoms with Crippen LogP contribution in [0.4, 0.5) is 0 Å². The fourth-order valence-electron chi connectivity index (χ4n) is 0.961. The third kappa shape index (κ3) is 4.77. The number of carboxylic acids is 1. The predicted molar refractivity (Wildman–Crippen MR) is 63.4 cm³/mol. The van der Waals surface area contributed by atoms with Crippen molar-refractivity contribution in [3.63, 3.8) is 0 Å². The van der Waals surface area contributed by atoms with Crippen LogP contribution in [-0.2, 0) is 9.22 Å². The van der Waals surface area contributed by atoms with Crippen LogP contribution in [0.2, 0.25) is 18.1 Å². The van der Waals surface area contributed by atoms with Gasteiger partial charge < -0.3 is 15.3 Å². The van der Waals surface area contributed by atoms with E-state index in [0.29, 0.717) is 0 Å². The first-order chi connectivity index (χ1) is 6.60. The smallest absolute Gasteiger partial charge is 0.305 e. The van der Waals surface area contributed by atoms with E-state index in [-0.39, 0.29) is 24.1 Å². The SMILES string of the molecule is CC(C)(C)[Si](C)(C)OC(CN)CC(=O)O. The van der Waals surface area contributed by atoms with Crippen molar-refractivity contribution in [2.75, 3.05) is 6.54 Å². The van der Waals surface area contributed by atoms with Crippen LogP contribution >= 0.6 is 0 Å². The van der Waals surface area contributed by atoms with Crippen molar-refractivity contribution in [2.45, 2.75) is 51.4 Å². The molecule has 0 saturated carbocycles. The molecule has 5 heteroatoms. The minimum atomic E-state index is -1.90. The van der Waals surface area contributed by atoms with Crippen molar-refractivity contribution in [1.82, 2.24) is 0 Å². The normalized spacial score (nSPS) is 15.1. The van der Waals surface area contributed by atoms with Crippen molar-refractivity contribution in [1.29, 1.82) is 0 Å². The summed E-state index contributed by atoms with van der Waals surface area (Å²) >= 11 is 0. The molecule has 90 valence electrons. The highest BCUT2D eigenvalue weighted by Crippen LogP contribution is 2.37. The molecule has 0 bridgehead atoms. The zero-order chi connectivity index (χ0) is 12.3. The molecule has 4 nitrogen and oxygen atoms in total. The van der Waals surface area contributed by atoms with E-state index in [1.54, 1.807) is 0 Å². The molecule has 0 saturated heterocycles. The maximum Gasteiger partial charge on any atom is 0.305 e. The van der Waals surface area contributed by atoms with Crippen LogP contribution in [-0.4, -0.2) is 32.0 Å². The second-order valence-electron chi connectivity index (χ2n) is 5.33. The maximum absolute atomic E-state index is 10.6. The molecule has 1 atom stereocenters. The standard InChI is InChI=1S/C10H23NO3Si/c1-10(2,3)15(4,5)14-8(7-11)6-9(12)13/h8H,6-7,11H2,1-5H3,(H,12,13). The Morgan fingerprint density at radius 2 is 1.93 bits per heavy atom. The third-order valence-electron chi connectivity index (χ3n) is 2.93. The van der Waals surface area contributed by atoms with Crippen LogP contribution in [0, 0.1) is 0 Å². The molecule has 0 aromatic rings. The van der Waals surface area contributed by atoms with Gasteiger partial charge in [0, 0.05) is 6.54 Å². The van der Waals surface area contributed by atoms with Crippen LogP contribution in [0.3, 0.4) is 0 Å². The number of rotatable bonds is 5. The number of nitrogens with two attached hydrogens (primary N) is 1. The first kappa shape index (κ1) is 14.6. The molecule has 0 aromatic carbocycles. The van der Waals surface area contributed by atoms with E-state index in [1.165, 1.54) is 0 Å². The summed E-state index contributed by atoms with van der Waals surface area (Å²) in [6.07, 6.45) is -0.369. The summed E-state index contributed by atoms with van der Waals surface area (Å²) in [6.45, 7) is 10.8. The summed E-state index contributed by atoms with van der Waals surface area (Å²) in [4.78, 5) is 10.6. The first-order valence-electron chi connectivity index (χ1n) is 5.20. The Balaban J connectivity index is 4.47. The van der Waals surface area contributed by atoms with Gasteiger partial charge in [0.15, 0.2) is 8.32 Å². The second-order valence-corrected chi connectivity index (χ2v) is 10.1. The van der Waals surface area contributed by atoms with Gasteiger partial charge in [-0.1, -0.05) is 20.8 Å². The lowest BCUT2D eigenvalue weighted by atomic mass is 10.2. The van der Waals surface area contributed by atoms with Gasteiger partial charge in [0.2, 0.25) is 0 Å². The summed E-state index contributed by atoms with van der Waals surface area (Å²) in [5, 5.41) is 8.78. The molecule has 0 aliphatic rings. The highest BCUT2D eigenvalue weighted by atomic mass is 28.4. The Labute approximate surface area is 92.9 Å². The Morgan fingerprint density at radius 3 is 2.20 bits per heavy atom. The summed E-state index contributed by atoms with van der Waals surface area (Å²) in [6, 6.07) is 0. The van der Waals surface area contributed by atoms with E-state index < -0.39 is 14.3 Å². The molecule has 15 heavy (non-hydrogen) atoms. The maximum atomic E-state index is 10.6. The predicted octanol–water partition coefficient (Wildman–Crippen LogP) is 1.81. The molecule has 3 N–H and O–H groups in total. The van der Waals surface area contributed by atoms with Gasteiger partial charge in [-0.3, -0.25) is 4.79 Å². The zero-order valence-corrected chi connectivity index (χ0v) is 11.3. The summed E-state index contributed by atoms with van der Waals surface area (Å²) in [5.41, 5.74) is 5.51. The van der Waals surface area contributed by atoms with Gasteiger partial charge in [-0.2, -0.15) is 0 Å². The van der Waals surface area contributed by atoms with Crippen molar-refractivity contribution in [3.05, 3.63) is 0 Å². The Bertz CT molecular complexity index is 223. The molecule has 0 heterocycles. The van der Waals surface area contributed by atoms with E-state index >= 15 is 0 Å². The molecule has 0 aromatic heterocycles. The van der Waals surface area contributed by atoms with Crippen LogP contribution < -0.4 is 5.73 Å². The number of hydrogen-bond acceptors (Lipinski definition) is 3. The Morgan fingerprint density at radius 1 is 1.47 bits per heavy atom. The molecule has 0 aliphatic carbocycles. The largest absolute Gasteiger partial charge is 0.481 e. The lowest BCUT2D eigenvalue weighted by Gasteiger charge is -2.38. The van der Waals surface area contributed by atoms with Crippen LogP contribution in [0.25, 0.3) is 0 Å². The molecule has 0 fully saturated rings. The fourth-order valence-corrected chi connectivity index (χ4v) is 2.33. The molecular weight excluding hydrogens is 210 g/mol. The van der Waals surface area contributed by atoms with Gasteiger partial charge in [-0.05, 0) is 18.1 Å². The average molecular weight is 233 g/mol. The summed E-state index contributed by atoms with van der Waals surface area (Å²) in [5.74, 6) is -0.857. The second kappa shape index (κ2) is 5.09. The van der Waals surface area contributed by atoms with Crippen molar-refractivity contribution < 1.29 is 14.3 Å². The van der Waals surface area contributed by atoms with Crippen molar-refractivity contribution in [3.8, 4) is 0 Å². The lowest BCUT2D eigenvalue weighted by molar-refractivity contribution is -0.138. The molecule has 0 aliphatic heterocycles. The fraction of sp³-hybridized carbons (Fsp3) is 0.900. The van der Waals surface area contributed by atoms with Gasteiger partial charge in [0.25, 0.3) is 0 Å². The van der Waals surface area contributed by atoms with Crippen molar-refractivity contribution >= 4 is 14.3 Å². The molecule has 0 rings (SSSR count). The Kier molecular flexibility index (Phi) is 4.96. The number of carboxylic acid groups (broad SMARTS) is 1. The monoisotopic (exact) mass is 233 g/mol. The van der Waals surface area contributed by atoms with E-state index in [1.807, 2.05) is 0 Å². The van der Waals surface area contributed by atoms with Crippen LogP contribution in [0.15, 0.2) is 0 Å². The average Bonchev–Trinajstić information content (AvgIpc) is 1.99. The van der Waals surface area contributed by atoms with Gasteiger partial charge in [0.05, 0.1) is 12.5 Å². The third-order valence-corrected chi connectivity index (χ3v) is 7.47. The van der Waals surface area contributed by atoms with Crippen LogP contribution in [0.5, 0.6) is 0 Å². The van der Waals surface area contributed by atoms with Gasteiger partial charge >= 0.3 is 5.97 Å². The molecule has 1 unspecified atom stereocenters. The van der Waals surface area contributed by atoms with E-state index in [9.17, 15) is 4.79 Å². The highest BCUT2D eigenvalue weighted by molar-refractivity contribution is 6.74. The first-order valence-corrected chi connectivity index (χ1v) is 8.10. The minimum absolute atomic E-state index is 0.0109. The highest BCUT2D eigenvalue weighted by Gasteiger charge is 2.39. The quantitative estimate of drug-likeness (QED) is 0.710. The summed E-state index contributed by atoms with van der Waals surface area (Å²) < 4.78 is 5.90. The zero-order valence-electron chi connectivity index (χ0n) is 10.3. The van der Waals surface area contributed by atoms with Crippen molar-refractivity contribution in [2.24, 2.45) is 5.73 Å². The van der Waals surface area contributed by atoms with E-state index in [4.69, 9.17) is 15.3 Å².